The van der Waals surface area contributed by atoms with Gasteiger partial charge in [0.2, 0.25) is 0 Å². The van der Waals surface area contributed by atoms with Gasteiger partial charge in [-0.1, -0.05) is 30.3 Å². The molecule has 2 fully saturated rings. The average molecular weight is 230 g/mol. The van der Waals surface area contributed by atoms with Gasteiger partial charge in [-0.2, -0.15) is 0 Å². The topological polar surface area (TPSA) is 15.3 Å². The lowest BCUT2D eigenvalue weighted by Gasteiger charge is -2.35. The van der Waals surface area contributed by atoms with Gasteiger partial charge in [0.05, 0.1) is 0 Å². The van der Waals surface area contributed by atoms with Crippen LogP contribution in [0.15, 0.2) is 30.3 Å². The minimum absolute atomic E-state index is 0.761. The van der Waals surface area contributed by atoms with Crippen LogP contribution < -0.4 is 5.32 Å². The van der Waals surface area contributed by atoms with Gasteiger partial charge in [-0.15, -0.1) is 0 Å². The molecule has 1 heterocycles. The van der Waals surface area contributed by atoms with Gasteiger partial charge < -0.3 is 5.32 Å². The highest BCUT2D eigenvalue weighted by molar-refractivity contribution is 5.15. The summed E-state index contributed by atoms with van der Waals surface area (Å²) in [4.78, 5) is 2.74. The van der Waals surface area contributed by atoms with Crippen molar-refractivity contribution < 1.29 is 0 Å². The molecule has 1 atom stereocenters. The third kappa shape index (κ3) is 2.88. The Kier molecular flexibility index (Phi) is 3.44. The van der Waals surface area contributed by atoms with E-state index in [0.717, 1.165) is 18.6 Å². The van der Waals surface area contributed by atoms with Crippen molar-refractivity contribution in [2.24, 2.45) is 0 Å². The molecule has 2 heteroatoms. The van der Waals surface area contributed by atoms with Crippen molar-refractivity contribution in [2.45, 2.75) is 44.3 Å². The minimum Gasteiger partial charge on any atom is -0.315 e. The van der Waals surface area contributed by atoms with Crippen molar-refractivity contribution in [3.05, 3.63) is 35.9 Å². The lowest BCUT2D eigenvalue weighted by Crippen LogP contribution is -2.46. The molecule has 0 amide bonds. The van der Waals surface area contributed by atoms with E-state index in [2.05, 4.69) is 40.5 Å². The van der Waals surface area contributed by atoms with Crippen molar-refractivity contribution >= 4 is 0 Å². The number of nitrogens with zero attached hydrogens (tertiary/aromatic N) is 1. The summed E-state index contributed by atoms with van der Waals surface area (Å²) in [6, 6.07) is 12.5. The van der Waals surface area contributed by atoms with Gasteiger partial charge >= 0.3 is 0 Å². The smallest absolute Gasteiger partial charge is 0.0240 e. The fourth-order valence-corrected chi connectivity index (χ4v) is 2.87. The molecule has 17 heavy (non-hydrogen) atoms. The third-order valence-electron chi connectivity index (χ3n) is 3.96. The third-order valence-corrected chi connectivity index (χ3v) is 3.96. The van der Waals surface area contributed by atoms with E-state index in [1.807, 2.05) is 0 Å². The molecule has 2 aliphatic rings. The average Bonchev–Trinajstić information content (AvgIpc) is 3.23. The zero-order valence-corrected chi connectivity index (χ0v) is 10.4. The molecule has 0 bridgehead atoms. The van der Waals surface area contributed by atoms with E-state index in [-0.39, 0.29) is 0 Å². The SMILES string of the molecule is c1ccc(CN(C2CC2)[C@@H]2CCCNC2)cc1. The van der Waals surface area contributed by atoms with E-state index in [1.54, 1.807) is 0 Å². The van der Waals surface area contributed by atoms with E-state index < -0.39 is 0 Å². The fraction of sp³-hybridized carbons (Fsp3) is 0.600. The van der Waals surface area contributed by atoms with Crippen LogP contribution in [-0.4, -0.2) is 30.1 Å². The van der Waals surface area contributed by atoms with Crippen LogP contribution in [-0.2, 0) is 6.54 Å². The van der Waals surface area contributed by atoms with E-state index in [9.17, 15) is 0 Å². The van der Waals surface area contributed by atoms with E-state index in [0.29, 0.717) is 0 Å². The summed E-state index contributed by atoms with van der Waals surface area (Å²) in [5.41, 5.74) is 1.46. The summed E-state index contributed by atoms with van der Waals surface area (Å²) in [6.07, 6.45) is 5.52. The monoisotopic (exact) mass is 230 g/mol. The lowest BCUT2D eigenvalue weighted by atomic mass is 10.0. The Morgan fingerprint density at radius 1 is 1.06 bits per heavy atom. The van der Waals surface area contributed by atoms with Crippen molar-refractivity contribution in [3.63, 3.8) is 0 Å². The molecule has 1 aliphatic carbocycles. The molecule has 3 rings (SSSR count). The maximum absolute atomic E-state index is 3.54. The Bertz CT molecular complexity index is 339. The molecular formula is C15H22N2. The summed E-state index contributed by atoms with van der Waals surface area (Å²) in [7, 11) is 0. The minimum atomic E-state index is 0.761. The quantitative estimate of drug-likeness (QED) is 0.854. The van der Waals surface area contributed by atoms with Crippen LogP contribution in [0, 0.1) is 0 Å². The predicted octanol–water partition coefficient (Wildman–Crippen LogP) is 2.40. The summed E-state index contributed by atoms with van der Waals surface area (Å²) >= 11 is 0. The molecule has 1 saturated heterocycles. The molecule has 0 radical (unpaired) electrons. The van der Waals surface area contributed by atoms with Gasteiger partial charge in [0.15, 0.2) is 0 Å². The van der Waals surface area contributed by atoms with Gasteiger partial charge in [-0.3, -0.25) is 4.90 Å². The first-order valence-electron chi connectivity index (χ1n) is 6.94. The summed E-state index contributed by atoms with van der Waals surface area (Å²) in [5.74, 6) is 0. The highest BCUT2D eigenvalue weighted by Gasteiger charge is 2.34. The van der Waals surface area contributed by atoms with Gasteiger partial charge in [-0.05, 0) is 37.8 Å². The number of rotatable bonds is 4. The number of hydrogen-bond acceptors (Lipinski definition) is 2. The highest BCUT2D eigenvalue weighted by Crippen LogP contribution is 2.31. The van der Waals surface area contributed by atoms with Gasteiger partial charge in [-0.25, -0.2) is 0 Å². The van der Waals surface area contributed by atoms with E-state index in [1.165, 1.54) is 44.3 Å². The number of benzene rings is 1. The number of piperidine rings is 1. The molecule has 0 aromatic heterocycles. The predicted molar refractivity (Wildman–Crippen MR) is 70.9 cm³/mol. The summed E-state index contributed by atoms with van der Waals surface area (Å²) < 4.78 is 0. The van der Waals surface area contributed by atoms with Crippen LogP contribution in [0.3, 0.4) is 0 Å². The molecule has 0 unspecified atom stereocenters. The van der Waals surface area contributed by atoms with Gasteiger partial charge in [0.1, 0.15) is 0 Å². The Labute approximate surface area is 104 Å². The molecule has 1 aromatic carbocycles. The first-order chi connectivity index (χ1) is 8.43. The van der Waals surface area contributed by atoms with E-state index >= 15 is 0 Å². The summed E-state index contributed by atoms with van der Waals surface area (Å²) in [5, 5.41) is 3.54. The normalized spacial score (nSPS) is 25.1. The zero-order valence-electron chi connectivity index (χ0n) is 10.4. The summed E-state index contributed by atoms with van der Waals surface area (Å²) in [6.45, 7) is 3.53. The van der Waals surface area contributed by atoms with Crippen LogP contribution in [0.4, 0.5) is 0 Å². The largest absolute Gasteiger partial charge is 0.315 e. The second-order valence-electron chi connectivity index (χ2n) is 5.39. The first-order valence-corrected chi connectivity index (χ1v) is 6.94. The Hall–Kier alpha value is -0.860. The molecule has 1 aromatic rings. The molecule has 1 N–H and O–H groups in total. The van der Waals surface area contributed by atoms with Crippen molar-refractivity contribution in [2.75, 3.05) is 13.1 Å². The molecule has 2 nitrogen and oxygen atoms in total. The van der Waals surface area contributed by atoms with Crippen LogP contribution >= 0.6 is 0 Å². The molecular weight excluding hydrogens is 208 g/mol. The molecule has 1 aliphatic heterocycles. The maximum Gasteiger partial charge on any atom is 0.0240 e. The first kappa shape index (κ1) is 11.2. The Morgan fingerprint density at radius 2 is 1.88 bits per heavy atom. The Morgan fingerprint density at radius 3 is 2.53 bits per heavy atom. The number of nitrogens with one attached hydrogen (secondary N) is 1. The van der Waals surface area contributed by atoms with Crippen LogP contribution in [0.2, 0.25) is 0 Å². The molecule has 1 saturated carbocycles. The van der Waals surface area contributed by atoms with Crippen molar-refractivity contribution in [3.8, 4) is 0 Å². The van der Waals surface area contributed by atoms with Crippen molar-refractivity contribution in [1.29, 1.82) is 0 Å². The van der Waals surface area contributed by atoms with Crippen LogP contribution in [0.1, 0.15) is 31.2 Å². The fourth-order valence-electron chi connectivity index (χ4n) is 2.87. The van der Waals surface area contributed by atoms with Crippen LogP contribution in [0.25, 0.3) is 0 Å². The molecule has 0 spiro atoms. The van der Waals surface area contributed by atoms with E-state index in [4.69, 9.17) is 0 Å². The van der Waals surface area contributed by atoms with Gasteiger partial charge in [0, 0.05) is 25.2 Å². The zero-order chi connectivity index (χ0) is 11.5. The maximum atomic E-state index is 3.54. The highest BCUT2D eigenvalue weighted by atomic mass is 15.2. The standard InChI is InChI=1S/C15H22N2/c1-2-5-13(6-3-1)12-17(14-8-9-14)15-7-4-10-16-11-15/h1-3,5-6,14-16H,4,7-12H2/t15-/m1/s1. The van der Waals surface area contributed by atoms with Gasteiger partial charge in [0.25, 0.3) is 0 Å². The van der Waals surface area contributed by atoms with Crippen molar-refractivity contribution in [1.82, 2.24) is 10.2 Å². The lowest BCUT2D eigenvalue weighted by molar-refractivity contribution is 0.148. The number of hydrogen-bond donors (Lipinski definition) is 1. The second kappa shape index (κ2) is 5.19. The Balaban J connectivity index is 1.67. The second-order valence-corrected chi connectivity index (χ2v) is 5.39. The molecule has 92 valence electrons. The van der Waals surface area contributed by atoms with Crippen LogP contribution in [0.5, 0.6) is 0 Å².